The topological polar surface area (TPSA) is 179 Å². The van der Waals surface area contributed by atoms with Crippen LogP contribution in [0.3, 0.4) is 0 Å². The zero-order chi connectivity index (χ0) is 34.9. The van der Waals surface area contributed by atoms with Crippen molar-refractivity contribution in [2.45, 2.75) is 55.0 Å². The molecule has 2 unspecified atom stereocenters. The number of amides is 2. The van der Waals surface area contributed by atoms with E-state index in [2.05, 4.69) is 10.1 Å². The van der Waals surface area contributed by atoms with E-state index in [1.165, 1.54) is 42.3 Å². The van der Waals surface area contributed by atoms with Gasteiger partial charge in [0.25, 0.3) is 21.8 Å². The van der Waals surface area contributed by atoms with Crippen molar-refractivity contribution >= 4 is 31.9 Å². The third-order valence-corrected chi connectivity index (χ3v) is 9.31. The van der Waals surface area contributed by atoms with E-state index in [-0.39, 0.29) is 28.0 Å². The number of hydrogen-bond acceptors (Lipinski definition) is 8. The molecule has 0 radical (unpaired) electrons. The number of nitrogens with two attached hydrogens (primary N) is 1. The summed E-state index contributed by atoms with van der Waals surface area (Å²) in [6.07, 6.45) is -0.600. The molecule has 3 aromatic carbocycles. The molecule has 0 saturated carbocycles. The van der Waals surface area contributed by atoms with Gasteiger partial charge in [-0.2, -0.15) is 0 Å². The van der Waals surface area contributed by atoms with Crippen LogP contribution in [0.2, 0.25) is 0 Å². The molecule has 3 rings (SSSR count). The number of benzene rings is 3. The molecule has 0 heterocycles. The van der Waals surface area contributed by atoms with E-state index in [4.69, 9.17) is 5.14 Å². The Morgan fingerprint density at radius 1 is 0.872 bits per heavy atom. The summed E-state index contributed by atoms with van der Waals surface area (Å²) in [6.45, 7) is 4.10. The summed E-state index contributed by atoms with van der Waals surface area (Å²) in [5, 5.41) is 20.2. The summed E-state index contributed by atoms with van der Waals surface area (Å²) >= 11 is 0. The fraction of sp³-hybridized carbons (Fsp3) is 0.355. The summed E-state index contributed by atoms with van der Waals surface area (Å²) in [5.41, 5.74) is -0.334. The third kappa shape index (κ3) is 10.9. The molecule has 0 aliphatic rings. The molecule has 5 N–H and O–H groups in total. The lowest BCUT2D eigenvalue weighted by Crippen LogP contribution is -2.52. The van der Waals surface area contributed by atoms with Crippen molar-refractivity contribution in [3.8, 4) is 0 Å². The Morgan fingerprint density at radius 3 is 2.00 bits per heavy atom. The standard InChI is InChI=1S/C31H39F2N5O7S2/c1-4-11-38(12-5-2)31(41)23-16-22(17-27(18-23)46(34,42)43)30(40)35-28(15-21-13-24(32)19-25(33)14-21)29(39)20-37(3)36-47(44,45)26-9-7-6-8-10-26/h6-10,13-14,16-19,28-29,36,39H,4-5,11-12,15,20H2,1-3H3,(H,35,40)(H2,34,42,43). The molecule has 0 aromatic heterocycles. The monoisotopic (exact) mass is 695 g/mol. The van der Waals surface area contributed by atoms with E-state index in [9.17, 15) is 40.3 Å². The van der Waals surface area contributed by atoms with Crippen molar-refractivity contribution < 1.29 is 40.3 Å². The fourth-order valence-corrected chi connectivity index (χ4v) is 6.56. The first-order chi connectivity index (χ1) is 22.0. The molecule has 256 valence electrons. The summed E-state index contributed by atoms with van der Waals surface area (Å²) in [7, 11) is -7.09. The van der Waals surface area contributed by atoms with Crippen LogP contribution >= 0.6 is 0 Å². The molecule has 2 amide bonds. The van der Waals surface area contributed by atoms with E-state index in [0.29, 0.717) is 32.0 Å². The van der Waals surface area contributed by atoms with Crippen molar-refractivity contribution in [2.24, 2.45) is 5.14 Å². The van der Waals surface area contributed by atoms with E-state index < -0.39 is 67.1 Å². The van der Waals surface area contributed by atoms with Gasteiger partial charge in [0.2, 0.25) is 10.0 Å². The van der Waals surface area contributed by atoms with Gasteiger partial charge in [0.1, 0.15) is 11.6 Å². The van der Waals surface area contributed by atoms with Gasteiger partial charge in [-0.05, 0) is 67.3 Å². The number of halogens is 2. The molecule has 0 bridgehead atoms. The number of likely N-dealkylation sites (N-methyl/N-ethyl adjacent to an activating group) is 1. The molecule has 0 saturated heterocycles. The summed E-state index contributed by atoms with van der Waals surface area (Å²) in [4.78, 5) is 30.2. The number of rotatable bonds is 16. The minimum absolute atomic E-state index is 0.0436. The Balaban J connectivity index is 1.96. The second-order valence-corrected chi connectivity index (χ2v) is 14.2. The minimum Gasteiger partial charge on any atom is -0.390 e. The van der Waals surface area contributed by atoms with Crippen molar-refractivity contribution in [1.82, 2.24) is 20.1 Å². The second kappa shape index (κ2) is 16.3. The summed E-state index contributed by atoms with van der Waals surface area (Å²) < 4.78 is 78.3. The fourth-order valence-electron chi connectivity index (χ4n) is 4.88. The highest BCUT2D eigenvalue weighted by Crippen LogP contribution is 2.19. The molecular weight excluding hydrogens is 656 g/mol. The Hall–Kier alpha value is -3.80. The highest BCUT2D eigenvalue weighted by molar-refractivity contribution is 7.89. The number of carbonyl (C=O) groups is 2. The van der Waals surface area contributed by atoms with Crippen molar-refractivity contribution in [3.05, 3.63) is 95.1 Å². The molecule has 0 aliphatic heterocycles. The van der Waals surface area contributed by atoms with E-state index in [1.807, 2.05) is 13.8 Å². The van der Waals surface area contributed by atoms with Gasteiger partial charge in [-0.25, -0.2) is 35.8 Å². The smallest absolute Gasteiger partial charge is 0.253 e. The molecule has 2 atom stereocenters. The molecular formula is C31H39F2N5O7S2. The van der Waals surface area contributed by atoms with Gasteiger partial charge in [0.15, 0.2) is 0 Å². The molecule has 3 aromatic rings. The highest BCUT2D eigenvalue weighted by Gasteiger charge is 2.28. The van der Waals surface area contributed by atoms with E-state index in [0.717, 1.165) is 29.3 Å². The number of hydrogen-bond donors (Lipinski definition) is 4. The van der Waals surface area contributed by atoms with Crippen molar-refractivity contribution in [3.63, 3.8) is 0 Å². The lowest BCUT2D eigenvalue weighted by atomic mass is 9.99. The van der Waals surface area contributed by atoms with Crippen LogP contribution in [-0.4, -0.2) is 82.5 Å². The summed E-state index contributed by atoms with van der Waals surface area (Å²) in [5.74, 6) is -3.26. The minimum atomic E-state index is -4.38. The first-order valence-electron chi connectivity index (χ1n) is 14.7. The average Bonchev–Trinajstić information content (AvgIpc) is 2.99. The summed E-state index contributed by atoms with van der Waals surface area (Å²) in [6, 6.07) is 12.0. The van der Waals surface area contributed by atoms with Gasteiger partial charge in [-0.3, -0.25) is 9.59 Å². The van der Waals surface area contributed by atoms with Crippen LogP contribution in [0.15, 0.2) is 76.5 Å². The van der Waals surface area contributed by atoms with Crippen LogP contribution in [0.5, 0.6) is 0 Å². The molecule has 16 heteroatoms. The van der Waals surface area contributed by atoms with Crippen molar-refractivity contribution in [1.29, 1.82) is 0 Å². The van der Waals surface area contributed by atoms with Crippen LogP contribution in [0.1, 0.15) is 53.0 Å². The lowest BCUT2D eigenvalue weighted by Gasteiger charge is -2.28. The Morgan fingerprint density at radius 2 is 1.45 bits per heavy atom. The molecule has 0 aliphatic carbocycles. The van der Waals surface area contributed by atoms with Gasteiger partial charge >= 0.3 is 0 Å². The number of carbonyl (C=O) groups excluding carboxylic acids is 2. The Labute approximate surface area is 273 Å². The van der Waals surface area contributed by atoms with Gasteiger partial charge in [-0.1, -0.05) is 32.0 Å². The number of hydrazine groups is 1. The first kappa shape index (κ1) is 37.7. The SMILES string of the molecule is CCCN(CCC)C(=O)c1cc(C(=O)NC(Cc2cc(F)cc(F)c2)C(O)CN(C)NS(=O)(=O)c2ccccc2)cc(S(N)(=O)=O)c1. The molecule has 0 fully saturated rings. The third-order valence-electron chi connectivity index (χ3n) is 6.97. The normalized spacial score (nSPS) is 13.3. The number of sulfonamides is 2. The van der Waals surface area contributed by atoms with Crippen LogP contribution < -0.4 is 15.3 Å². The van der Waals surface area contributed by atoms with Gasteiger partial charge < -0.3 is 15.3 Å². The van der Waals surface area contributed by atoms with Gasteiger partial charge in [-0.15, -0.1) is 4.83 Å². The molecule has 47 heavy (non-hydrogen) atoms. The molecule has 12 nitrogen and oxygen atoms in total. The zero-order valence-electron chi connectivity index (χ0n) is 26.2. The second-order valence-electron chi connectivity index (χ2n) is 11.0. The van der Waals surface area contributed by atoms with Crippen molar-refractivity contribution in [2.75, 3.05) is 26.7 Å². The van der Waals surface area contributed by atoms with Crippen LogP contribution in [0, 0.1) is 11.6 Å². The highest BCUT2D eigenvalue weighted by atomic mass is 32.2. The lowest BCUT2D eigenvalue weighted by molar-refractivity contribution is 0.0687. The van der Waals surface area contributed by atoms with Gasteiger partial charge in [0, 0.05) is 43.9 Å². The number of nitrogens with one attached hydrogen (secondary N) is 2. The number of aliphatic hydroxyl groups is 1. The number of aliphatic hydroxyl groups excluding tert-OH is 1. The van der Waals surface area contributed by atoms with Gasteiger partial charge in [0.05, 0.1) is 21.9 Å². The van der Waals surface area contributed by atoms with E-state index >= 15 is 0 Å². The quantitative estimate of drug-likeness (QED) is 0.165. The predicted molar refractivity (Wildman–Crippen MR) is 171 cm³/mol. The largest absolute Gasteiger partial charge is 0.390 e. The first-order valence-corrected chi connectivity index (χ1v) is 17.8. The number of nitrogens with zero attached hydrogens (tertiary/aromatic N) is 2. The zero-order valence-corrected chi connectivity index (χ0v) is 27.8. The maximum Gasteiger partial charge on any atom is 0.253 e. The Kier molecular flexibility index (Phi) is 13.1. The Bertz CT molecular complexity index is 1750. The predicted octanol–water partition coefficient (Wildman–Crippen LogP) is 2.40. The average molecular weight is 696 g/mol. The maximum absolute atomic E-state index is 14.0. The van der Waals surface area contributed by atoms with Crippen LogP contribution in [0.4, 0.5) is 8.78 Å². The van der Waals surface area contributed by atoms with E-state index in [1.54, 1.807) is 6.07 Å². The van der Waals surface area contributed by atoms with Crippen LogP contribution in [0.25, 0.3) is 0 Å². The molecule has 0 spiro atoms. The maximum atomic E-state index is 14.0. The van der Waals surface area contributed by atoms with Crippen LogP contribution in [-0.2, 0) is 26.5 Å². The number of primary sulfonamides is 1.